The molecule has 96 valence electrons. The molecule has 1 aliphatic heterocycles. The number of hydrogen-bond acceptors (Lipinski definition) is 3. The van der Waals surface area contributed by atoms with E-state index in [0.29, 0.717) is 0 Å². The zero-order valence-electron chi connectivity index (χ0n) is 11.0. The van der Waals surface area contributed by atoms with Gasteiger partial charge < -0.3 is 10.1 Å². The Morgan fingerprint density at radius 1 is 1.25 bits per heavy atom. The fourth-order valence-electron chi connectivity index (χ4n) is 2.19. The summed E-state index contributed by atoms with van der Waals surface area (Å²) in [7, 11) is 0. The van der Waals surface area contributed by atoms with Crippen molar-refractivity contribution in [3.63, 3.8) is 0 Å². The van der Waals surface area contributed by atoms with Crippen molar-refractivity contribution in [3.05, 3.63) is 0 Å². The van der Waals surface area contributed by atoms with Gasteiger partial charge in [0.15, 0.2) is 0 Å². The molecule has 3 heteroatoms. The van der Waals surface area contributed by atoms with Crippen molar-refractivity contribution in [2.75, 3.05) is 45.9 Å². The Kier molecular flexibility index (Phi) is 7.81. The van der Waals surface area contributed by atoms with Crippen molar-refractivity contribution < 1.29 is 4.74 Å². The Balaban J connectivity index is 1.97. The summed E-state index contributed by atoms with van der Waals surface area (Å²) in [6.45, 7) is 12.1. The van der Waals surface area contributed by atoms with E-state index in [2.05, 4.69) is 24.1 Å². The molecule has 16 heavy (non-hydrogen) atoms. The molecule has 1 rings (SSSR count). The summed E-state index contributed by atoms with van der Waals surface area (Å²) in [6, 6.07) is 0. The summed E-state index contributed by atoms with van der Waals surface area (Å²) in [5.41, 5.74) is 0. The molecule has 1 unspecified atom stereocenters. The molecule has 1 heterocycles. The van der Waals surface area contributed by atoms with Gasteiger partial charge in [-0.25, -0.2) is 0 Å². The van der Waals surface area contributed by atoms with E-state index >= 15 is 0 Å². The molecule has 0 aromatic rings. The molecule has 0 amide bonds. The third-order valence-electron chi connectivity index (χ3n) is 3.39. The van der Waals surface area contributed by atoms with Gasteiger partial charge in [0.05, 0.1) is 6.61 Å². The van der Waals surface area contributed by atoms with Gasteiger partial charge in [-0.05, 0) is 12.3 Å². The number of rotatable bonds is 8. The van der Waals surface area contributed by atoms with Crippen LogP contribution < -0.4 is 5.32 Å². The van der Waals surface area contributed by atoms with Gasteiger partial charge in [-0.3, -0.25) is 4.90 Å². The van der Waals surface area contributed by atoms with Crippen molar-refractivity contribution in [1.29, 1.82) is 0 Å². The van der Waals surface area contributed by atoms with Crippen LogP contribution in [0.15, 0.2) is 0 Å². The highest BCUT2D eigenvalue weighted by Gasteiger charge is 2.09. The van der Waals surface area contributed by atoms with E-state index in [0.717, 1.165) is 38.8 Å². The molecule has 1 atom stereocenters. The number of piperazine rings is 1. The molecule has 1 aliphatic rings. The average Bonchev–Trinajstić information content (AvgIpc) is 2.34. The summed E-state index contributed by atoms with van der Waals surface area (Å²) >= 11 is 0. The Morgan fingerprint density at radius 2 is 2.00 bits per heavy atom. The molecule has 1 saturated heterocycles. The minimum atomic E-state index is 0.771. The number of nitrogens with zero attached hydrogens (tertiary/aromatic N) is 1. The molecule has 1 N–H and O–H groups in total. The van der Waals surface area contributed by atoms with Crippen molar-refractivity contribution >= 4 is 0 Å². The number of nitrogens with one attached hydrogen (secondary N) is 1. The molecular weight excluding hydrogens is 200 g/mol. The Bertz CT molecular complexity index is 151. The minimum absolute atomic E-state index is 0.771. The van der Waals surface area contributed by atoms with Gasteiger partial charge >= 0.3 is 0 Å². The van der Waals surface area contributed by atoms with Crippen LogP contribution in [0.2, 0.25) is 0 Å². The Morgan fingerprint density at radius 3 is 2.62 bits per heavy atom. The Labute approximate surface area is 101 Å². The third-order valence-corrected chi connectivity index (χ3v) is 3.39. The second kappa shape index (κ2) is 8.97. The fourth-order valence-corrected chi connectivity index (χ4v) is 2.19. The lowest BCUT2D eigenvalue weighted by Crippen LogP contribution is -2.44. The largest absolute Gasteiger partial charge is 0.380 e. The van der Waals surface area contributed by atoms with Gasteiger partial charge in [0.1, 0.15) is 0 Å². The zero-order valence-corrected chi connectivity index (χ0v) is 11.0. The standard InChI is InChI=1S/C13H28N2O/c1-3-5-13(4-2)12-16-11-10-15-8-6-14-7-9-15/h13-14H,3-12H2,1-2H3. The molecule has 0 aliphatic carbocycles. The molecule has 0 radical (unpaired) electrons. The number of ether oxygens (including phenoxy) is 1. The van der Waals surface area contributed by atoms with Crippen molar-refractivity contribution in [3.8, 4) is 0 Å². The molecule has 0 aromatic heterocycles. The van der Waals surface area contributed by atoms with E-state index < -0.39 is 0 Å². The van der Waals surface area contributed by atoms with Crippen molar-refractivity contribution in [2.24, 2.45) is 5.92 Å². The van der Waals surface area contributed by atoms with Crippen LogP contribution in [0.5, 0.6) is 0 Å². The smallest absolute Gasteiger partial charge is 0.0593 e. The van der Waals surface area contributed by atoms with Gasteiger partial charge in [-0.2, -0.15) is 0 Å². The lowest BCUT2D eigenvalue weighted by molar-refractivity contribution is 0.0710. The van der Waals surface area contributed by atoms with Crippen LogP contribution in [0.25, 0.3) is 0 Å². The summed E-state index contributed by atoms with van der Waals surface area (Å²) in [6.07, 6.45) is 3.84. The van der Waals surface area contributed by atoms with Gasteiger partial charge in [0.2, 0.25) is 0 Å². The predicted molar refractivity (Wildman–Crippen MR) is 68.8 cm³/mol. The highest BCUT2D eigenvalue weighted by molar-refractivity contribution is 4.67. The van der Waals surface area contributed by atoms with E-state index in [1.165, 1.54) is 32.4 Å². The van der Waals surface area contributed by atoms with E-state index in [1.54, 1.807) is 0 Å². The first-order valence-electron chi connectivity index (χ1n) is 6.87. The predicted octanol–water partition coefficient (Wildman–Crippen LogP) is 1.73. The first-order valence-corrected chi connectivity index (χ1v) is 6.87. The quantitative estimate of drug-likeness (QED) is 0.640. The monoisotopic (exact) mass is 228 g/mol. The topological polar surface area (TPSA) is 24.5 Å². The maximum Gasteiger partial charge on any atom is 0.0593 e. The molecule has 0 spiro atoms. The van der Waals surface area contributed by atoms with Crippen LogP contribution in [0.4, 0.5) is 0 Å². The molecule has 0 aromatic carbocycles. The van der Waals surface area contributed by atoms with Crippen molar-refractivity contribution in [1.82, 2.24) is 10.2 Å². The zero-order chi connectivity index (χ0) is 11.6. The lowest BCUT2D eigenvalue weighted by Gasteiger charge is -2.27. The Hall–Kier alpha value is -0.120. The maximum absolute atomic E-state index is 5.78. The highest BCUT2D eigenvalue weighted by Crippen LogP contribution is 2.10. The summed E-state index contributed by atoms with van der Waals surface area (Å²) in [4.78, 5) is 2.48. The van der Waals surface area contributed by atoms with Crippen LogP contribution >= 0.6 is 0 Å². The van der Waals surface area contributed by atoms with E-state index in [-0.39, 0.29) is 0 Å². The van der Waals surface area contributed by atoms with Crippen molar-refractivity contribution in [2.45, 2.75) is 33.1 Å². The summed E-state index contributed by atoms with van der Waals surface area (Å²) in [5.74, 6) is 0.771. The molecule has 0 saturated carbocycles. The third kappa shape index (κ3) is 5.83. The van der Waals surface area contributed by atoms with Crippen LogP contribution in [0.3, 0.4) is 0 Å². The van der Waals surface area contributed by atoms with Crippen LogP contribution in [-0.2, 0) is 4.74 Å². The molecule has 0 bridgehead atoms. The van der Waals surface area contributed by atoms with Crippen LogP contribution in [0.1, 0.15) is 33.1 Å². The minimum Gasteiger partial charge on any atom is -0.380 e. The highest BCUT2D eigenvalue weighted by atomic mass is 16.5. The normalized spacial score (nSPS) is 19.9. The lowest BCUT2D eigenvalue weighted by atomic mass is 10.0. The van der Waals surface area contributed by atoms with Gasteiger partial charge in [-0.15, -0.1) is 0 Å². The number of hydrogen-bond donors (Lipinski definition) is 1. The van der Waals surface area contributed by atoms with Gasteiger partial charge in [0.25, 0.3) is 0 Å². The SMILES string of the molecule is CCCC(CC)COCCN1CCNCC1. The fraction of sp³-hybridized carbons (Fsp3) is 1.00. The van der Waals surface area contributed by atoms with E-state index in [1.807, 2.05) is 0 Å². The average molecular weight is 228 g/mol. The molecule has 1 fully saturated rings. The van der Waals surface area contributed by atoms with E-state index in [4.69, 9.17) is 4.74 Å². The second-order valence-corrected chi connectivity index (χ2v) is 4.73. The van der Waals surface area contributed by atoms with Gasteiger partial charge in [0, 0.05) is 39.3 Å². The molecular formula is C13H28N2O. The second-order valence-electron chi connectivity index (χ2n) is 4.73. The summed E-state index contributed by atoms with van der Waals surface area (Å²) in [5, 5.41) is 3.37. The van der Waals surface area contributed by atoms with Crippen LogP contribution in [0, 0.1) is 5.92 Å². The summed E-state index contributed by atoms with van der Waals surface area (Å²) < 4.78 is 5.78. The first kappa shape index (κ1) is 13.9. The van der Waals surface area contributed by atoms with Crippen LogP contribution in [-0.4, -0.2) is 50.8 Å². The molecule has 3 nitrogen and oxygen atoms in total. The van der Waals surface area contributed by atoms with Gasteiger partial charge in [-0.1, -0.05) is 26.7 Å². The first-order chi connectivity index (χ1) is 7.86. The van der Waals surface area contributed by atoms with E-state index in [9.17, 15) is 0 Å². The maximum atomic E-state index is 5.78.